The molecule has 3 rings (SSSR count). The monoisotopic (exact) mass is 317 g/mol. The van der Waals surface area contributed by atoms with E-state index in [4.69, 9.17) is 9.47 Å². The van der Waals surface area contributed by atoms with Gasteiger partial charge < -0.3 is 14.8 Å². The molecule has 0 spiro atoms. The van der Waals surface area contributed by atoms with Crippen molar-refractivity contribution in [1.29, 1.82) is 0 Å². The van der Waals surface area contributed by atoms with Crippen molar-refractivity contribution in [2.45, 2.75) is 51.4 Å². The average Bonchev–Trinajstić information content (AvgIpc) is 2.99. The van der Waals surface area contributed by atoms with Gasteiger partial charge in [0.05, 0.1) is 17.8 Å². The maximum Gasteiger partial charge on any atom is 0.217 e. The minimum atomic E-state index is -0.146. The van der Waals surface area contributed by atoms with Crippen molar-refractivity contribution in [3.05, 3.63) is 23.9 Å². The fourth-order valence-corrected chi connectivity index (χ4v) is 3.41. The molecule has 0 aliphatic heterocycles. The van der Waals surface area contributed by atoms with Gasteiger partial charge in [-0.1, -0.05) is 0 Å². The third kappa shape index (κ3) is 3.17. The lowest BCUT2D eigenvalue weighted by molar-refractivity contribution is -0.122. The highest BCUT2D eigenvalue weighted by Gasteiger charge is 2.35. The molecule has 2 N–H and O–H groups in total. The molecule has 6 heteroatoms. The Morgan fingerprint density at radius 3 is 2.96 bits per heavy atom. The van der Waals surface area contributed by atoms with Crippen molar-refractivity contribution in [3.63, 3.8) is 0 Å². The topological polar surface area (TPSA) is 76.2 Å². The van der Waals surface area contributed by atoms with Crippen molar-refractivity contribution in [2.24, 2.45) is 0 Å². The lowest BCUT2D eigenvalue weighted by Crippen LogP contribution is -2.53. The number of carbonyl (C=O) groups is 1. The maximum absolute atomic E-state index is 11.4. The van der Waals surface area contributed by atoms with Gasteiger partial charge in [-0.05, 0) is 38.3 Å². The summed E-state index contributed by atoms with van der Waals surface area (Å²) in [5, 5.41) is 11.1. The minimum Gasteiger partial charge on any atom is -0.487 e. The number of carbonyl (C=O) groups excluding carboxylic acids is 1. The van der Waals surface area contributed by atoms with Crippen LogP contribution in [0.4, 0.5) is 0 Å². The number of aryl methyl sites for hydroxylation is 1. The first-order valence-corrected chi connectivity index (χ1v) is 7.99. The zero-order chi connectivity index (χ0) is 16.4. The van der Waals surface area contributed by atoms with Crippen LogP contribution in [0.15, 0.2) is 18.3 Å². The van der Waals surface area contributed by atoms with E-state index < -0.39 is 0 Å². The van der Waals surface area contributed by atoms with Gasteiger partial charge in [-0.2, -0.15) is 5.10 Å². The SMILES string of the molecule is COC1C(NC(C)=O)CCCC1Oc1ccc2[nH]ncc2c1C. The number of methoxy groups -OCH3 is 1. The highest BCUT2D eigenvalue weighted by atomic mass is 16.5. The Balaban J connectivity index is 1.81. The van der Waals surface area contributed by atoms with Crippen LogP contribution in [0.25, 0.3) is 10.9 Å². The van der Waals surface area contributed by atoms with Crippen LogP contribution in [0.1, 0.15) is 31.7 Å². The number of benzene rings is 1. The summed E-state index contributed by atoms with van der Waals surface area (Å²) in [6, 6.07) is 3.93. The molecular formula is C17H23N3O3. The van der Waals surface area contributed by atoms with E-state index in [0.29, 0.717) is 0 Å². The summed E-state index contributed by atoms with van der Waals surface area (Å²) in [7, 11) is 1.67. The summed E-state index contributed by atoms with van der Waals surface area (Å²) in [5.74, 6) is 0.808. The first-order chi connectivity index (χ1) is 11.1. The van der Waals surface area contributed by atoms with E-state index in [1.165, 1.54) is 6.92 Å². The van der Waals surface area contributed by atoms with Crippen molar-refractivity contribution >= 4 is 16.8 Å². The number of rotatable bonds is 4. The predicted octanol–water partition coefficient (Wildman–Crippen LogP) is 2.32. The van der Waals surface area contributed by atoms with Gasteiger partial charge in [0.2, 0.25) is 5.91 Å². The lowest BCUT2D eigenvalue weighted by atomic mass is 9.89. The smallest absolute Gasteiger partial charge is 0.217 e. The van der Waals surface area contributed by atoms with E-state index in [2.05, 4.69) is 15.5 Å². The van der Waals surface area contributed by atoms with Crippen molar-refractivity contribution in [3.8, 4) is 5.75 Å². The van der Waals surface area contributed by atoms with E-state index >= 15 is 0 Å². The van der Waals surface area contributed by atoms with Crippen LogP contribution < -0.4 is 10.1 Å². The van der Waals surface area contributed by atoms with Crippen molar-refractivity contribution < 1.29 is 14.3 Å². The molecule has 1 saturated carbocycles. The van der Waals surface area contributed by atoms with Gasteiger partial charge in [0.15, 0.2) is 0 Å². The van der Waals surface area contributed by atoms with Crippen molar-refractivity contribution in [2.75, 3.05) is 7.11 Å². The Hall–Kier alpha value is -2.08. The second kappa shape index (κ2) is 6.58. The van der Waals surface area contributed by atoms with Crippen LogP contribution >= 0.6 is 0 Å². The maximum atomic E-state index is 11.4. The largest absolute Gasteiger partial charge is 0.487 e. The Morgan fingerprint density at radius 2 is 2.22 bits per heavy atom. The number of amides is 1. The third-order valence-electron chi connectivity index (χ3n) is 4.55. The van der Waals surface area contributed by atoms with Gasteiger partial charge in [-0.15, -0.1) is 0 Å². The number of aromatic nitrogens is 2. The number of ether oxygens (including phenoxy) is 2. The molecule has 3 atom stereocenters. The van der Waals surface area contributed by atoms with E-state index in [-0.39, 0.29) is 24.2 Å². The molecule has 0 saturated heterocycles. The number of nitrogens with zero attached hydrogens (tertiary/aromatic N) is 1. The Labute approximate surface area is 135 Å². The predicted molar refractivity (Wildman–Crippen MR) is 87.5 cm³/mol. The second-order valence-corrected chi connectivity index (χ2v) is 6.11. The van der Waals surface area contributed by atoms with E-state index in [9.17, 15) is 4.79 Å². The molecule has 2 aromatic rings. The number of H-pyrrole nitrogens is 1. The third-order valence-corrected chi connectivity index (χ3v) is 4.55. The number of fused-ring (bicyclic) bond motifs is 1. The van der Waals surface area contributed by atoms with Gasteiger partial charge in [-0.3, -0.25) is 9.89 Å². The minimum absolute atomic E-state index is 0.00536. The van der Waals surface area contributed by atoms with E-state index in [0.717, 1.165) is 41.5 Å². The van der Waals surface area contributed by atoms with Crippen molar-refractivity contribution in [1.82, 2.24) is 15.5 Å². The van der Waals surface area contributed by atoms with Crippen LogP contribution in [-0.2, 0) is 9.53 Å². The summed E-state index contributed by atoms with van der Waals surface area (Å²) in [6.07, 6.45) is 4.42. The first kappa shape index (κ1) is 15.8. The summed E-state index contributed by atoms with van der Waals surface area (Å²) in [5.41, 5.74) is 2.06. The molecule has 3 unspecified atom stereocenters. The van der Waals surface area contributed by atoms with Crippen LogP contribution in [0, 0.1) is 6.92 Å². The van der Waals surface area contributed by atoms with E-state index in [1.807, 2.05) is 25.3 Å². The molecule has 0 radical (unpaired) electrons. The summed E-state index contributed by atoms with van der Waals surface area (Å²) >= 11 is 0. The molecule has 1 aromatic heterocycles. The fraction of sp³-hybridized carbons (Fsp3) is 0.529. The number of nitrogens with one attached hydrogen (secondary N) is 2. The summed E-state index contributed by atoms with van der Waals surface area (Å²) in [4.78, 5) is 11.4. The average molecular weight is 317 g/mol. The highest BCUT2D eigenvalue weighted by Crippen LogP contribution is 2.31. The normalized spacial score (nSPS) is 24.6. The Kier molecular flexibility index (Phi) is 4.52. The molecule has 0 bridgehead atoms. The quantitative estimate of drug-likeness (QED) is 0.907. The van der Waals surface area contributed by atoms with Crippen LogP contribution in [0.2, 0.25) is 0 Å². The molecule has 1 amide bonds. The van der Waals surface area contributed by atoms with Gasteiger partial charge >= 0.3 is 0 Å². The zero-order valence-corrected chi connectivity index (χ0v) is 13.8. The highest BCUT2D eigenvalue weighted by molar-refractivity contribution is 5.83. The number of hydrogen-bond acceptors (Lipinski definition) is 4. The van der Waals surface area contributed by atoms with Gasteiger partial charge in [0.1, 0.15) is 18.0 Å². The molecular weight excluding hydrogens is 294 g/mol. The zero-order valence-electron chi connectivity index (χ0n) is 13.8. The molecule has 23 heavy (non-hydrogen) atoms. The molecule has 1 aliphatic carbocycles. The molecule has 1 fully saturated rings. The molecule has 124 valence electrons. The molecule has 1 heterocycles. The Bertz CT molecular complexity index is 697. The molecule has 6 nitrogen and oxygen atoms in total. The van der Waals surface area contributed by atoms with Crippen LogP contribution in [-0.4, -0.2) is 41.5 Å². The summed E-state index contributed by atoms with van der Waals surface area (Å²) in [6.45, 7) is 3.57. The van der Waals surface area contributed by atoms with Gasteiger partial charge in [0, 0.05) is 25.0 Å². The van der Waals surface area contributed by atoms with Crippen LogP contribution in [0.5, 0.6) is 5.75 Å². The Morgan fingerprint density at radius 1 is 1.39 bits per heavy atom. The van der Waals surface area contributed by atoms with Gasteiger partial charge in [-0.25, -0.2) is 0 Å². The molecule has 1 aromatic carbocycles. The summed E-state index contributed by atoms with van der Waals surface area (Å²) < 4.78 is 11.9. The second-order valence-electron chi connectivity index (χ2n) is 6.11. The number of hydrogen-bond donors (Lipinski definition) is 2. The number of aromatic amines is 1. The lowest BCUT2D eigenvalue weighted by Gasteiger charge is -2.37. The van der Waals surface area contributed by atoms with E-state index in [1.54, 1.807) is 7.11 Å². The standard InChI is InChI=1S/C17H23N3O3/c1-10-12-9-18-20-13(12)7-8-15(10)23-16-6-4-5-14(17(16)22-3)19-11(2)21/h7-9,14,16-17H,4-6H2,1-3H3,(H,18,20)(H,19,21). The van der Waals surface area contributed by atoms with Gasteiger partial charge in [0.25, 0.3) is 0 Å². The van der Waals surface area contributed by atoms with Crippen LogP contribution in [0.3, 0.4) is 0 Å². The fourth-order valence-electron chi connectivity index (χ4n) is 3.41. The molecule has 1 aliphatic rings. The first-order valence-electron chi connectivity index (χ1n) is 7.99.